The van der Waals surface area contributed by atoms with Gasteiger partial charge >= 0.3 is 0 Å². The van der Waals surface area contributed by atoms with Crippen molar-refractivity contribution in [2.75, 3.05) is 29.3 Å². The number of aryl methyl sites for hydroxylation is 1. The summed E-state index contributed by atoms with van der Waals surface area (Å²) >= 11 is 0. The molecular formula is C28H29N3O4S. The van der Waals surface area contributed by atoms with Crippen molar-refractivity contribution in [2.24, 2.45) is 0 Å². The van der Waals surface area contributed by atoms with Crippen LogP contribution in [-0.2, 0) is 27.7 Å². The minimum absolute atomic E-state index is 0.140. The fourth-order valence-electron chi connectivity index (χ4n) is 4.76. The molecule has 7 nitrogen and oxygen atoms in total. The third kappa shape index (κ3) is 4.86. The normalized spacial score (nSPS) is 15.1. The number of benzene rings is 3. The number of carbonyl (C=O) groups excluding carboxylic acids is 2. The van der Waals surface area contributed by atoms with Gasteiger partial charge in [0.1, 0.15) is 0 Å². The third-order valence-electron chi connectivity index (χ3n) is 6.83. The number of hydrogen-bond acceptors (Lipinski definition) is 4. The summed E-state index contributed by atoms with van der Waals surface area (Å²) in [6.45, 7) is 3.93. The molecular weight excluding hydrogens is 474 g/mol. The monoisotopic (exact) mass is 503 g/mol. The summed E-state index contributed by atoms with van der Waals surface area (Å²) in [6, 6.07) is 19.3. The van der Waals surface area contributed by atoms with E-state index in [2.05, 4.69) is 5.32 Å². The van der Waals surface area contributed by atoms with Crippen LogP contribution in [0, 0.1) is 6.92 Å². The van der Waals surface area contributed by atoms with Gasteiger partial charge in [-0.1, -0.05) is 29.8 Å². The standard InChI is InChI=1S/C28H29N3O4S/c1-20-4-11-25(12-5-20)36(34,35)31-17-14-22-19-23(8-13-26(22)31)28(33)29-24-9-6-21(7-10-24)18-27(32)30-15-2-3-16-30/h4-13,19H,2-3,14-18H2,1H3,(H,29,33). The summed E-state index contributed by atoms with van der Waals surface area (Å²) in [6.07, 6.45) is 3.04. The number of nitrogens with one attached hydrogen (secondary N) is 1. The van der Waals surface area contributed by atoms with Crippen molar-refractivity contribution in [3.63, 3.8) is 0 Å². The zero-order valence-corrected chi connectivity index (χ0v) is 21.1. The number of likely N-dealkylation sites (tertiary alicyclic amines) is 1. The molecule has 2 aliphatic rings. The average molecular weight is 504 g/mol. The van der Waals surface area contributed by atoms with Crippen LogP contribution in [0.1, 0.15) is 39.9 Å². The van der Waals surface area contributed by atoms with Crippen LogP contribution in [0.15, 0.2) is 71.6 Å². The van der Waals surface area contributed by atoms with E-state index in [-0.39, 0.29) is 16.7 Å². The quantitative estimate of drug-likeness (QED) is 0.547. The molecule has 36 heavy (non-hydrogen) atoms. The Balaban J connectivity index is 1.25. The molecule has 0 aromatic heterocycles. The smallest absolute Gasteiger partial charge is 0.264 e. The lowest BCUT2D eigenvalue weighted by atomic mass is 10.1. The molecule has 2 heterocycles. The Hall–Kier alpha value is -3.65. The molecule has 2 aliphatic heterocycles. The summed E-state index contributed by atoms with van der Waals surface area (Å²) in [4.78, 5) is 27.4. The highest BCUT2D eigenvalue weighted by atomic mass is 32.2. The van der Waals surface area contributed by atoms with Crippen molar-refractivity contribution in [1.82, 2.24) is 4.90 Å². The Morgan fingerprint density at radius 3 is 2.28 bits per heavy atom. The second-order valence-electron chi connectivity index (χ2n) is 9.40. The molecule has 5 rings (SSSR count). The fourth-order valence-corrected chi connectivity index (χ4v) is 6.27. The average Bonchev–Trinajstić information content (AvgIpc) is 3.56. The largest absolute Gasteiger partial charge is 0.342 e. The van der Waals surface area contributed by atoms with E-state index in [1.165, 1.54) is 4.31 Å². The van der Waals surface area contributed by atoms with Gasteiger partial charge in [0.2, 0.25) is 5.91 Å². The molecule has 3 aromatic rings. The lowest BCUT2D eigenvalue weighted by Gasteiger charge is -2.20. The Morgan fingerprint density at radius 1 is 0.889 bits per heavy atom. The number of sulfonamides is 1. The highest BCUT2D eigenvalue weighted by Gasteiger charge is 2.31. The lowest BCUT2D eigenvalue weighted by Crippen LogP contribution is -2.29. The number of carbonyl (C=O) groups is 2. The first-order valence-corrected chi connectivity index (χ1v) is 13.7. The van der Waals surface area contributed by atoms with Crippen LogP contribution in [0.4, 0.5) is 11.4 Å². The maximum atomic E-state index is 13.2. The second-order valence-corrected chi connectivity index (χ2v) is 11.3. The van der Waals surface area contributed by atoms with Crippen LogP contribution in [-0.4, -0.2) is 44.8 Å². The van der Waals surface area contributed by atoms with Gasteiger partial charge in [0.15, 0.2) is 0 Å². The molecule has 0 bridgehead atoms. The predicted octanol–water partition coefficient (Wildman–Crippen LogP) is 4.16. The fraction of sp³-hybridized carbons (Fsp3) is 0.286. The van der Waals surface area contributed by atoms with E-state index < -0.39 is 10.0 Å². The second kappa shape index (κ2) is 9.78. The first-order chi connectivity index (χ1) is 17.3. The van der Waals surface area contributed by atoms with Gasteiger partial charge < -0.3 is 10.2 Å². The molecule has 1 saturated heterocycles. The maximum absolute atomic E-state index is 13.2. The zero-order chi connectivity index (χ0) is 25.3. The molecule has 0 spiro atoms. The van der Waals surface area contributed by atoms with Crippen LogP contribution in [0.2, 0.25) is 0 Å². The van der Waals surface area contributed by atoms with Gasteiger partial charge in [0, 0.05) is 30.9 Å². The molecule has 0 unspecified atom stereocenters. The van der Waals surface area contributed by atoms with Gasteiger partial charge in [-0.05, 0) is 79.8 Å². The van der Waals surface area contributed by atoms with E-state index in [0.29, 0.717) is 36.3 Å². The van der Waals surface area contributed by atoms with E-state index in [1.54, 1.807) is 54.6 Å². The maximum Gasteiger partial charge on any atom is 0.264 e. The number of rotatable bonds is 6. The lowest BCUT2D eigenvalue weighted by molar-refractivity contribution is -0.129. The van der Waals surface area contributed by atoms with Gasteiger partial charge in [0.05, 0.1) is 17.0 Å². The Bertz CT molecular complexity index is 1390. The Kier molecular flexibility index (Phi) is 6.53. The van der Waals surface area contributed by atoms with E-state index >= 15 is 0 Å². The van der Waals surface area contributed by atoms with Crippen molar-refractivity contribution in [2.45, 2.75) is 37.5 Å². The van der Waals surface area contributed by atoms with Gasteiger partial charge in [-0.25, -0.2) is 8.42 Å². The van der Waals surface area contributed by atoms with Crippen LogP contribution in [0.25, 0.3) is 0 Å². The summed E-state index contributed by atoms with van der Waals surface area (Å²) in [5, 5.41) is 2.89. The first kappa shape index (κ1) is 24.1. The molecule has 2 amide bonds. The number of amides is 2. The van der Waals surface area contributed by atoms with Crippen molar-refractivity contribution in [3.05, 3.63) is 89.0 Å². The molecule has 3 aromatic carbocycles. The van der Waals surface area contributed by atoms with E-state index in [0.717, 1.165) is 42.6 Å². The number of hydrogen-bond donors (Lipinski definition) is 1. The first-order valence-electron chi connectivity index (χ1n) is 12.2. The van der Waals surface area contributed by atoms with Crippen molar-refractivity contribution < 1.29 is 18.0 Å². The van der Waals surface area contributed by atoms with Crippen molar-refractivity contribution in [1.29, 1.82) is 0 Å². The molecule has 0 radical (unpaired) electrons. The van der Waals surface area contributed by atoms with Gasteiger partial charge in [-0.15, -0.1) is 0 Å². The number of nitrogens with zero attached hydrogens (tertiary/aromatic N) is 2. The minimum atomic E-state index is -3.66. The van der Waals surface area contributed by atoms with Gasteiger partial charge in [-0.2, -0.15) is 0 Å². The van der Waals surface area contributed by atoms with Crippen LogP contribution in [0.3, 0.4) is 0 Å². The zero-order valence-electron chi connectivity index (χ0n) is 20.2. The van der Waals surface area contributed by atoms with Gasteiger partial charge in [0.25, 0.3) is 15.9 Å². The highest BCUT2D eigenvalue weighted by molar-refractivity contribution is 7.92. The molecule has 0 aliphatic carbocycles. The van der Waals surface area contributed by atoms with Crippen LogP contribution >= 0.6 is 0 Å². The summed E-state index contributed by atoms with van der Waals surface area (Å²) in [7, 11) is -3.66. The molecule has 186 valence electrons. The molecule has 1 N–H and O–H groups in total. The SMILES string of the molecule is Cc1ccc(S(=O)(=O)N2CCc3cc(C(=O)Nc4ccc(CC(=O)N5CCCC5)cc4)ccc32)cc1. The molecule has 8 heteroatoms. The third-order valence-corrected chi connectivity index (χ3v) is 8.66. The van der Waals surface area contributed by atoms with E-state index in [9.17, 15) is 18.0 Å². The summed E-state index contributed by atoms with van der Waals surface area (Å²) < 4.78 is 27.7. The molecule has 0 saturated carbocycles. The topological polar surface area (TPSA) is 86.8 Å². The molecule has 1 fully saturated rings. The Labute approximate surface area is 211 Å². The van der Waals surface area contributed by atoms with Gasteiger partial charge in [-0.3, -0.25) is 13.9 Å². The van der Waals surface area contributed by atoms with Crippen molar-refractivity contribution >= 4 is 33.2 Å². The van der Waals surface area contributed by atoms with Crippen molar-refractivity contribution in [3.8, 4) is 0 Å². The number of fused-ring (bicyclic) bond motifs is 1. The number of anilines is 2. The van der Waals surface area contributed by atoms with E-state index in [1.807, 2.05) is 24.0 Å². The van der Waals surface area contributed by atoms with Crippen LogP contribution in [0.5, 0.6) is 0 Å². The highest BCUT2D eigenvalue weighted by Crippen LogP contribution is 2.34. The van der Waals surface area contributed by atoms with E-state index in [4.69, 9.17) is 0 Å². The minimum Gasteiger partial charge on any atom is -0.342 e. The summed E-state index contributed by atoms with van der Waals surface area (Å²) in [5.41, 5.74) is 4.46. The van der Waals surface area contributed by atoms with Crippen LogP contribution < -0.4 is 9.62 Å². The summed E-state index contributed by atoms with van der Waals surface area (Å²) in [5.74, 6) is -0.126. The Morgan fingerprint density at radius 2 is 1.58 bits per heavy atom. The predicted molar refractivity (Wildman–Crippen MR) is 140 cm³/mol. The molecule has 0 atom stereocenters.